The third-order valence-corrected chi connectivity index (χ3v) is 3.29. The molecule has 0 fully saturated rings. The molecule has 5 nitrogen and oxygen atoms in total. The highest BCUT2D eigenvalue weighted by molar-refractivity contribution is 7.13. The molecule has 0 saturated heterocycles. The first-order valence-electron chi connectivity index (χ1n) is 4.77. The topological polar surface area (TPSA) is 81.0 Å². The molecule has 1 aromatic rings. The summed E-state index contributed by atoms with van der Waals surface area (Å²) in [5.41, 5.74) is 1.60. The summed E-state index contributed by atoms with van der Waals surface area (Å²) in [6.07, 6.45) is 0.321. The van der Waals surface area contributed by atoms with Gasteiger partial charge in [-0.25, -0.2) is 0 Å². The van der Waals surface area contributed by atoms with E-state index in [1.165, 1.54) is 12.1 Å². The number of phenolic OH excluding ortho intramolecular Hbond substituents is 2. The van der Waals surface area contributed by atoms with E-state index in [2.05, 4.69) is 9.39 Å². The Kier molecular flexibility index (Phi) is 2.74. The number of phenols is 2. The third kappa shape index (κ3) is 1.84. The monoisotopic (exact) mass is 241 g/mol. The molecule has 1 aliphatic rings. The lowest BCUT2D eigenvalue weighted by Crippen LogP contribution is -2.39. The van der Waals surface area contributed by atoms with Crippen molar-refractivity contribution in [2.24, 2.45) is 0 Å². The molecule has 86 valence electrons. The fourth-order valence-corrected chi connectivity index (χ4v) is 2.29. The normalized spacial score (nSPS) is 20.4. The minimum absolute atomic E-state index is 0.175. The zero-order valence-corrected chi connectivity index (χ0v) is 9.58. The number of aliphatic carboxylic acids is 1. The Bertz CT molecular complexity index is 449. The Hall–Kier alpha value is -1.32. The molecule has 1 aromatic carbocycles. The standard InChI is InChI=1S/C10H12NO4P/c12-8-2-5-1-7(10(14)15)11(16)4-6(5)3-9(8)13/h2-3,7,12-13H,1,4,16H2,(H,14,15)/t7-/m0/s1. The van der Waals surface area contributed by atoms with Gasteiger partial charge < -0.3 is 15.3 Å². The molecular weight excluding hydrogens is 229 g/mol. The molecule has 0 bridgehead atoms. The Morgan fingerprint density at radius 2 is 1.88 bits per heavy atom. The van der Waals surface area contributed by atoms with Crippen LogP contribution in [0.2, 0.25) is 0 Å². The van der Waals surface area contributed by atoms with E-state index in [9.17, 15) is 15.0 Å². The van der Waals surface area contributed by atoms with Gasteiger partial charge in [-0.3, -0.25) is 9.46 Å². The largest absolute Gasteiger partial charge is 0.504 e. The Balaban J connectivity index is 2.39. The maximum absolute atomic E-state index is 11.0. The number of rotatable bonds is 1. The number of fused-ring (bicyclic) bond motifs is 1. The molecule has 3 N–H and O–H groups in total. The molecule has 2 rings (SSSR count). The van der Waals surface area contributed by atoms with Gasteiger partial charge in [0.05, 0.1) is 0 Å². The van der Waals surface area contributed by atoms with Crippen LogP contribution in [-0.2, 0) is 17.8 Å². The van der Waals surface area contributed by atoms with Gasteiger partial charge in [0.1, 0.15) is 6.04 Å². The highest BCUT2D eigenvalue weighted by Gasteiger charge is 2.29. The van der Waals surface area contributed by atoms with Gasteiger partial charge in [-0.2, -0.15) is 0 Å². The van der Waals surface area contributed by atoms with Crippen LogP contribution in [0.25, 0.3) is 0 Å². The molecule has 0 amide bonds. The summed E-state index contributed by atoms with van der Waals surface area (Å²) in [6.45, 7) is 0.421. The lowest BCUT2D eigenvalue weighted by atomic mass is 9.95. The van der Waals surface area contributed by atoms with Crippen molar-refractivity contribution in [3.05, 3.63) is 23.3 Å². The Morgan fingerprint density at radius 3 is 2.44 bits per heavy atom. The summed E-state index contributed by atoms with van der Waals surface area (Å²) in [6, 6.07) is 2.29. The van der Waals surface area contributed by atoms with Crippen molar-refractivity contribution in [3.63, 3.8) is 0 Å². The molecule has 6 heteroatoms. The molecule has 0 aliphatic carbocycles. The van der Waals surface area contributed by atoms with E-state index >= 15 is 0 Å². The first kappa shape index (κ1) is 11.2. The van der Waals surface area contributed by atoms with E-state index in [0.29, 0.717) is 13.0 Å². The number of benzene rings is 1. The summed E-state index contributed by atoms with van der Waals surface area (Å²) < 4.78 is 1.63. The molecule has 1 unspecified atom stereocenters. The minimum Gasteiger partial charge on any atom is -0.504 e. The van der Waals surface area contributed by atoms with Crippen molar-refractivity contribution in [2.45, 2.75) is 19.0 Å². The molecule has 0 aromatic heterocycles. The summed E-state index contributed by atoms with van der Waals surface area (Å²) in [5, 5.41) is 27.7. The van der Waals surface area contributed by atoms with E-state index in [-0.39, 0.29) is 11.5 Å². The number of nitrogens with zero attached hydrogens (tertiary/aromatic N) is 1. The summed E-state index contributed by atoms with van der Waals surface area (Å²) in [7, 11) is 2.37. The second-order valence-electron chi connectivity index (χ2n) is 3.84. The SMILES string of the molecule is O=C(O)[C@@H]1Cc2cc(O)c(O)cc2CN1P. The van der Waals surface area contributed by atoms with Crippen molar-refractivity contribution >= 4 is 15.4 Å². The molecule has 0 radical (unpaired) electrons. The van der Waals surface area contributed by atoms with Gasteiger partial charge in [-0.05, 0) is 29.7 Å². The maximum atomic E-state index is 11.0. The van der Waals surface area contributed by atoms with Crippen LogP contribution >= 0.6 is 9.39 Å². The van der Waals surface area contributed by atoms with E-state index in [0.717, 1.165) is 11.1 Å². The van der Waals surface area contributed by atoms with E-state index in [1.807, 2.05) is 0 Å². The van der Waals surface area contributed by atoms with E-state index in [1.54, 1.807) is 4.67 Å². The lowest BCUT2D eigenvalue weighted by Gasteiger charge is -2.30. The fourth-order valence-electron chi connectivity index (χ4n) is 1.86. The second kappa shape index (κ2) is 3.92. The number of aromatic hydroxyl groups is 2. The second-order valence-corrected chi connectivity index (χ2v) is 4.50. The van der Waals surface area contributed by atoms with Crippen LogP contribution in [0.1, 0.15) is 11.1 Å². The average Bonchev–Trinajstić information content (AvgIpc) is 2.19. The first-order valence-corrected chi connectivity index (χ1v) is 5.28. The molecule has 0 saturated carbocycles. The van der Waals surface area contributed by atoms with Gasteiger partial charge >= 0.3 is 5.97 Å². The summed E-state index contributed by atoms with van der Waals surface area (Å²) in [4.78, 5) is 11.0. The predicted molar refractivity (Wildman–Crippen MR) is 60.2 cm³/mol. The van der Waals surface area contributed by atoms with E-state index < -0.39 is 12.0 Å². The number of hydrogen-bond acceptors (Lipinski definition) is 4. The lowest BCUT2D eigenvalue weighted by molar-refractivity contribution is -0.141. The number of carboxylic acid groups (broad SMARTS) is 1. The Labute approximate surface area is 94.6 Å². The zero-order chi connectivity index (χ0) is 11.9. The van der Waals surface area contributed by atoms with Crippen LogP contribution in [-0.4, -0.2) is 32.0 Å². The predicted octanol–water partition coefficient (Wildman–Crippen LogP) is 0.699. The highest BCUT2D eigenvalue weighted by Crippen LogP contribution is 2.34. The summed E-state index contributed by atoms with van der Waals surface area (Å²) in [5.74, 6) is -1.28. The molecule has 1 aliphatic heterocycles. The minimum atomic E-state index is -0.895. The van der Waals surface area contributed by atoms with Gasteiger partial charge in [-0.1, -0.05) is 9.39 Å². The van der Waals surface area contributed by atoms with Crippen LogP contribution in [0.5, 0.6) is 11.5 Å². The van der Waals surface area contributed by atoms with Gasteiger partial charge in [0.15, 0.2) is 11.5 Å². The zero-order valence-electron chi connectivity index (χ0n) is 8.42. The van der Waals surface area contributed by atoms with Crippen molar-refractivity contribution in [1.29, 1.82) is 0 Å². The smallest absolute Gasteiger partial charge is 0.321 e. The van der Waals surface area contributed by atoms with E-state index in [4.69, 9.17) is 5.11 Å². The fraction of sp³-hybridized carbons (Fsp3) is 0.300. The molecule has 2 atom stereocenters. The van der Waals surface area contributed by atoms with Gasteiger partial charge in [0.25, 0.3) is 0 Å². The third-order valence-electron chi connectivity index (χ3n) is 2.75. The quantitative estimate of drug-likeness (QED) is 0.498. The average molecular weight is 241 g/mol. The van der Waals surface area contributed by atoms with Crippen molar-refractivity contribution in [3.8, 4) is 11.5 Å². The van der Waals surface area contributed by atoms with Crippen LogP contribution in [0.15, 0.2) is 12.1 Å². The van der Waals surface area contributed by atoms with Gasteiger partial charge in [-0.15, -0.1) is 0 Å². The van der Waals surface area contributed by atoms with Crippen LogP contribution in [0.3, 0.4) is 0 Å². The van der Waals surface area contributed by atoms with Crippen molar-refractivity contribution in [2.75, 3.05) is 0 Å². The molecule has 1 heterocycles. The first-order chi connectivity index (χ1) is 7.49. The van der Waals surface area contributed by atoms with Crippen LogP contribution < -0.4 is 0 Å². The molecular formula is C10H12NO4P. The Morgan fingerprint density at radius 1 is 1.31 bits per heavy atom. The number of carbonyl (C=O) groups is 1. The number of hydrogen-bond donors (Lipinski definition) is 3. The molecule has 16 heavy (non-hydrogen) atoms. The van der Waals surface area contributed by atoms with Crippen LogP contribution in [0, 0.1) is 0 Å². The summed E-state index contributed by atoms with van der Waals surface area (Å²) >= 11 is 0. The van der Waals surface area contributed by atoms with Crippen LogP contribution in [0.4, 0.5) is 0 Å². The highest BCUT2D eigenvalue weighted by atomic mass is 31.0. The van der Waals surface area contributed by atoms with Crippen molar-refractivity contribution in [1.82, 2.24) is 4.67 Å². The maximum Gasteiger partial charge on any atom is 0.321 e. The van der Waals surface area contributed by atoms with Gasteiger partial charge in [0, 0.05) is 6.54 Å². The van der Waals surface area contributed by atoms with Gasteiger partial charge in [0.2, 0.25) is 0 Å². The van der Waals surface area contributed by atoms with Crippen molar-refractivity contribution < 1.29 is 20.1 Å². The molecule has 0 spiro atoms. The number of carboxylic acids is 1.